The van der Waals surface area contributed by atoms with Crippen molar-refractivity contribution in [1.82, 2.24) is 10.2 Å². The number of aliphatic imine (C=N–C) groups is 1. The summed E-state index contributed by atoms with van der Waals surface area (Å²) in [7, 11) is 1.68. The molecule has 1 aromatic rings. The highest BCUT2D eigenvalue weighted by molar-refractivity contribution is 14.0. The average Bonchev–Trinajstić information content (AvgIpc) is 3.27. The highest BCUT2D eigenvalue weighted by Crippen LogP contribution is 2.22. The first-order chi connectivity index (χ1) is 12.1. The summed E-state index contributed by atoms with van der Waals surface area (Å²) in [5.41, 5.74) is -1.12. The van der Waals surface area contributed by atoms with Gasteiger partial charge in [0, 0.05) is 32.7 Å². The van der Waals surface area contributed by atoms with Crippen molar-refractivity contribution in [3.8, 4) is 0 Å². The lowest BCUT2D eigenvalue weighted by Gasteiger charge is -2.24. The van der Waals surface area contributed by atoms with Gasteiger partial charge in [0.05, 0.1) is 32.6 Å². The van der Waals surface area contributed by atoms with Gasteiger partial charge in [-0.05, 0) is 32.4 Å². The van der Waals surface area contributed by atoms with Gasteiger partial charge in [-0.3, -0.25) is 0 Å². The van der Waals surface area contributed by atoms with Crippen molar-refractivity contribution in [2.45, 2.75) is 25.9 Å². The second-order valence-electron chi connectivity index (χ2n) is 6.59. The molecule has 1 fully saturated rings. The van der Waals surface area contributed by atoms with Crippen molar-refractivity contribution in [2.24, 2.45) is 10.9 Å². The van der Waals surface area contributed by atoms with Gasteiger partial charge in [0.1, 0.15) is 11.4 Å². The third kappa shape index (κ3) is 7.05. The van der Waals surface area contributed by atoms with Crippen LogP contribution in [0.5, 0.6) is 0 Å². The fraction of sp³-hybridized carbons (Fsp3) is 0.722. The van der Waals surface area contributed by atoms with Crippen molar-refractivity contribution in [1.29, 1.82) is 0 Å². The van der Waals surface area contributed by atoms with E-state index in [0.717, 1.165) is 38.6 Å². The smallest absolute Gasteiger partial charge is 0.194 e. The number of methoxy groups -OCH3 is 1. The number of hydrogen-bond acceptors (Lipinski definition) is 5. The van der Waals surface area contributed by atoms with Gasteiger partial charge >= 0.3 is 0 Å². The van der Waals surface area contributed by atoms with E-state index in [1.165, 1.54) is 0 Å². The molecule has 0 amide bonds. The Balaban J connectivity index is 0.00000338. The predicted molar refractivity (Wildman–Crippen MR) is 112 cm³/mol. The summed E-state index contributed by atoms with van der Waals surface area (Å²) in [5, 5.41) is 13.9. The minimum Gasteiger partial charge on any atom is -0.466 e. The Morgan fingerprint density at radius 2 is 2.31 bits per heavy atom. The van der Waals surface area contributed by atoms with Gasteiger partial charge in [0.15, 0.2) is 5.96 Å². The van der Waals surface area contributed by atoms with E-state index in [1.54, 1.807) is 32.4 Å². The molecule has 1 aromatic heterocycles. The molecular formula is C18H32IN3O4. The van der Waals surface area contributed by atoms with Crippen LogP contribution in [0.25, 0.3) is 0 Å². The van der Waals surface area contributed by atoms with Crippen molar-refractivity contribution >= 4 is 29.9 Å². The van der Waals surface area contributed by atoms with Crippen LogP contribution in [0.15, 0.2) is 27.8 Å². The number of hydrogen-bond donors (Lipinski definition) is 2. The third-order valence-corrected chi connectivity index (χ3v) is 4.29. The number of aliphatic hydroxyl groups is 1. The van der Waals surface area contributed by atoms with E-state index in [-0.39, 0.29) is 30.5 Å². The van der Waals surface area contributed by atoms with Crippen LogP contribution in [0, 0.1) is 5.92 Å². The summed E-state index contributed by atoms with van der Waals surface area (Å²) in [6.07, 6.45) is 2.64. The third-order valence-electron chi connectivity index (χ3n) is 4.29. The van der Waals surface area contributed by atoms with E-state index >= 15 is 0 Å². The van der Waals surface area contributed by atoms with Gasteiger partial charge in [-0.15, -0.1) is 24.0 Å². The lowest BCUT2D eigenvalue weighted by Crippen LogP contribution is -2.41. The van der Waals surface area contributed by atoms with Crippen molar-refractivity contribution in [3.63, 3.8) is 0 Å². The molecule has 0 bridgehead atoms. The first-order valence-corrected chi connectivity index (χ1v) is 8.93. The lowest BCUT2D eigenvalue weighted by atomic mass is 10.0. The summed E-state index contributed by atoms with van der Waals surface area (Å²) in [4.78, 5) is 6.86. The first-order valence-electron chi connectivity index (χ1n) is 8.93. The minimum atomic E-state index is -1.12. The molecule has 0 saturated carbocycles. The van der Waals surface area contributed by atoms with Gasteiger partial charge in [-0.25, -0.2) is 4.99 Å². The maximum absolute atomic E-state index is 10.6. The van der Waals surface area contributed by atoms with Crippen LogP contribution < -0.4 is 5.32 Å². The van der Waals surface area contributed by atoms with E-state index in [0.29, 0.717) is 24.9 Å². The number of likely N-dealkylation sites (tertiary alicyclic amines) is 1. The first kappa shape index (κ1) is 23.2. The fourth-order valence-electron chi connectivity index (χ4n) is 2.87. The number of nitrogens with one attached hydrogen (secondary N) is 1. The Morgan fingerprint density at radius 3 is 2.96 bits per heavy atom. The van der Waals surface area contributed by atoms with E-state index in [9.17, 15) is 5.11 Å². The molecule has 7 nitrogen and oxygen atoms in total. The molecule has 1 aliphatic heterocycles. The molecule has 0 aromatic carbocycles. The Labute approximate surface area is 173 Å². The highest BCUT2D eigenvalue weighted by atomic mass is 127. The number of ether oxygens (including phenoxy) is 2. The summed E-state index contributed by atoms with van der Waals surface area (Å²) in [5.74, 6) is 1.85. The van der Waals surface area contributed by atoms with Crippen LogP contribution in [0.4, 0.5) is 0 Å². The largest absolute Gasteiger partial charge is 0.466 e. The van der Waals surface area contributed by atoms with Crippen LogP contribution >= 0.6 is 24.0 Å². The van der Waals surface area contributed by atoms with Crippen molar-refractivity contribution < 1.29 is 19.0 Å². The van der Waals surface area contributed by atoms with Gasteiger partial charge in [-0.2, -0.15) is 0 Å². The molecule has 0 aliphatic carbocycles. The van der Waals surface area contributed by atoms with Crippen molar-refractivity contribution in [2.75, 3.05) is 53.1 Å². The van der Waals surface area contributed by atoms with E-state index in [4.69, 9.17) is 13.9 Å². The molecule has 2 rings (SSSR count). The number of guanidine groups is 1. The predicted octanol–water partition coefficient (Wildman–Crippen LogP) is 2.06. The highest BCUT2D eigenvalue weighted by Gasteiger charge is 2.28. The van der Waals surface area contributed by atoms with Crippen LogP contribution in [0.2, 0.25) is 0 Å². The molecule has 26 heavy (non-hydrogen) atoms. The second kappa shape index (κ2) is 11.8. The molecule has 2 unspecified atom stereocenters. The Bertz CT molecular complexity index is 523. The summed E-state index contributed by atoms with van der Waals surface area (Å²) in [6.45, 7) is 8.63. The van der Waals surface area contributed by atoms with Gasteiger partial charge in [0.2, 0.25) is 0 Å². The summed E-state index contributed by atoms with van der Waals surface area (Å²) in [6, 6.07) is 3.54. The van der Waals surface area contributed by atoms with Crippen LogP contribution in [-0.2, 0) is 15.1 Å². The van der Waals surface area contributed by atoms with Gasteiger partial charge in [-0.1, -0.05) is 0 Å². The molecule has 0 spiro atoms. The maximum Gasteiger partial charge on any atom is 0.194 e. The Morgan fingerprint density at radius 1 is 1.50 bits per heavy atom. The van der Waals surface area contributed by atoms with Gasteiger partial charge in [0.25, 0.3) is 0 Å². The van der Waals surface area contributed by atoms with Crippen molar-refractivity contribution in [3.05, 3.63) is 24.2 Å². The van der Waals surface area contributed by atoms with Crippen LogP contribution in [-0.4, -0.2) is 69.1 Å². The molecule has 2 N–H and O–H groups in total. The topological polar surface area (TPSA) is 79.5 Å². The number of halogens is 1. The minimum absolute atomic E-state index is 0. The van der Waals surface area contributed by atoms with Crippen LogP contribution in [0.1, 0.15) is 26.0 Å². The Hall–Kier alpha value is -0.840. The number of furan rings is 1. The maximum atomic E-state index is 10.6. The van der Waals surface area contributed by atoms with E-state index in [2.05, 4.69) is 15.2 Å². The zero-order valence-electron chi connectivity index (χ0n) is 15.9. The fourth-order valence-corrected chi connectivity index (χ4v) is 2.87. The standard InChI is InChI=1S/C18H31N3O4.HI/c1-4-19-17(20-14-18(2,22)16-6-5-9-25-16)21-8-7-15(12-21)13-24-11-10-23-3;/h5-6,9,15,22H,4,7-8,10-14H2,1-3H3,(H,19,20);1H. The lowest BCUT2D eigenvalue weighted by molar-refractivity contribution is 0.0434. The zero-order chi connectivity index (χ0) is 18.1. The number of rotatable bonds is 9. The molecule has 8 heteroatoms. The Kier molecular flexibility index (Phi) is 10.5. The summed E-state index contributed by atoms with van der Waals surface area (Å²) >= 11 is 0. The molecule has 1 saturated heterocycles. The van der Waals surface area contributed by atoms with E-state index in [1.807, 2.05) is 6.92 Å². The molecule has 1 aliphatic rings. The SMILES string of the molecule is CCNC(=NCC(C)(O)c1ccco1)N1CCC(COCCOC)C1.I. The molecule has 0 radical (unpaired) electrons. The van der Waals surface area contributed by atoms with E-state index < -0.39 is 5.60 Å². The number of nitrogens with zero attached hydrogens (tertiary/aromatic N) is 2. The molecule has 2 heterocycles. The monoisotopic (exact) mass is 481 g/mol. The molecule has 150 valence electrons. The van der Waals surface area contributed by atoms with Gasteiger partial charge < -0.3 is 29.2 Å². The van der Waals surface area contributed by atoms with Crippen LogP contribution in [0.3, 0.4) is 0 Å². The normalized spacial score (nSPS) is 19.9. The second-order valence-corrected chi connectivity index (χ2v) is 6.59. The summed E-state index contributed by atoms with van der Waals surface area (Å²) < 4.78 is 16.0. The zero-order valence-corrected chi connectivity index (χ0v) is 18.3. The molecular weight excluding hydrogens is 449 g/mol. The molecule has 2 atom stereocenters. The quantitative estimate of drug-likeness (QED) is 0.243. The average molecular weight is 481 g/mol.